The molecule has 2 aliphatic heterocycles. The van der Waals surface area contributed by atoms with Crippen LogP contribution in [0, 0.1) is 5.92 Å². The van der Waals surface area contributed by atoms with Gasteiger partial charge in [-0.3, -0.25) is 14.7 Å². The molecule has 0 amide bonds. The number of rotatable bonds is 7. The molecule has 0 aliphatic carbocycles. The van der Waals surface area contributed by atoms with E-state index in [0.29, 0.717) is 29.5 Å². The molecule has 3 heterocycles. The maximum absolute atomic E-state index is 14.0. The highest BCUT2D eigenvalue weighted by Gasteiger charge is 2.28. The molecule has 2 aromatic carbocycles. The summed E-state index contributed by atoms with van der Waals surface area (Å²) in [5.74, 6) is -2.48. The number of aliphatic imine (C=N–C) groups is 1. The lowest BCUT2D eigenvalue weighted by atomic mass is 9.90. The van der Waals surface area contributed by atoms with Gasteiger partial charge in [0.2, 0.25) is 0 Å². The lowest BCUT2D eigenvalue weighted by Gasteiger charge is -2.38. The van der Waals surface area contributed by atoms with Crippen LogP contribution < -0.4 is 0 Å². The number of carboxylic acid groups (broad SMARTS) is 1. The Morgan fingerprint density at radius 3 is 2.56 bits per heavy atom. The number of benzene rings is 2. The minimum Gasteiger partial charge on any atom is -0.481 e. The van der Waals surface area contributed by atoms with Crippen LogP contribution in [0.2, 0.25) is 0 Å². The first-order valence-electron chi connectivity index (χ1n) is 13.2. The molecular formula is C30H33F2N5O2. The maximum atomic E-state index is 14.0. The van der Waals surface area contributed by atoms with Gasteiger partial charge in [-0.2, -0.15) is 8.78 Å². The molecule has 7 nitrogen and oxygen atoms in total. The number of allylic oxidation sites excluding steroid dienone is 1. The highest BCUT2D eigenvalue weighted by Crippen LogP contribution is 2.32. The molecule has 2 N–H and O–H groups in total. The number of dihydropyridines is 1. The third kappa shape index (κ3) is 5.63. The predicted molar refractivity (Wildman–Crippen MR) is 149 cm³/mol. The number of halogens is 2. The largest absolute Gasteiger partial charge is 0.481 e. The fraction of sp³-hybridized carbons (Fsp3) is 0.367. The number of aromatic nitrogens is 2. The van der Waals surface area contributed by atoms with E-state index in [-0.39, 0.29) is 23.4 Å². The van der Waals surface area contributed by atoms with Crippen LogP contribution in [0.4, 0.5) is 8.78 Å². The van der Waals surface area contributed by atoms with Crippen LogP contribution in [0.15, 0.2) is 72.3 Å². The van der Waals surface area contributed by atoms with Gasteiger partial charge in [0, 0.05) is 49.8 Å². The Kier molecular flexibility index (Phi) is 7.36. The van der Waals surface area contributed by atoms with E-state index in [1.807, 2.05) is 12.1 Å². The van der Waals surface area contributed by atoms with Crippen molar-refractivity contribution in [2.24, 2.45) is 10.9 Å². The molecule has 1 saturated heterocycles. The number of hydrogen-bond donors (Lipinski definition) is 2. The van der Waals surface area contributed by atoms with E-state index >= 15 is 0 Å². The Morgan fingerprint density at radius 2 is 1.92 bits per heavy atom. The fourth-order valence-corrected chi connectivity index (χ4v) is 5.22. The number of alkyl halides is 2. The van der Waals surface area contributed by atoms with Crippen LogP contribution in [-0.4, -0.2) is 75.4 Å². The number of H-pyrrole nitrogens is 1. The number of fused-ring (bicyclic) bond motifs is 1. The Bertz CT molecular complexity index is 1420. The summed E-state index contributed by atoms with van der Waals surface area (Å²) in [7, 11) is 0. The molecule has 3 atom stereocenters. The van der Waals surface area contributed by atoms with Crippen LogP contribution in [0.1, 0.15) is 30.9 Å². The number of aliphatic carboxylic acids is 1. The van der Waals surface area contributed by atoms with Crippen molar-refractivity contribution in [1.29, 1.82) is 0 Å². The molecule has 0 spiro atoms. The van der Waals surface area contributed by atoms with Crippen molar-refractivity contribution in [3.63, 3.8) is 0 Å². The molecule has 9 heteroatoms. The van der Waals surface area contributed by atoms with Crippen molar-refractivity contribution in [2.45, 2.75) is 31.7 Å². The van der Waals surface area contributed by atoms with Gasteiger partial charge in [0.05, 0.1) is 23.0 Å². The van der Waals surface area contributed by atoms with Crippen LogP contribution in [-0.2, 0) is 10.7 Å². The van der Waals surface area contributed by atoms with Crippen LogP contribution in [0.25, 0.3) is 22.4 Å². The van der Waals surface area contributed by atoms with Gasteiger partial charge in [0.1, 0.15) is 11.7 Å². The van der Waals surface area contributed by atoms with Gasteiger partial charge in [-0.15, -0.1) is 0 Å². The Balaban J connectivity index is 1.23. The van der Waals surface area contributed by atoms with Gasteiger partial charge in [0.25, 0.3) is 5.92 Å². The van der Waals surface area contributed by atoms with E-state index in [2.05, 4.69) is 57.6 Å². The van der Waals surface area contributed by atoms with Gasteiger partial charge in [-0.1, -0.05) is 49.9 Å². The van der Waals surface area contributed by atoms with E-state index in [9.17, 15) is 13.6 Å². The summed E-state index contributed by atoms with van der Waals surface area (Å²) in [6.45, 7) is 11.0. The van der Waals surface area contributed by atoms with Gasteiger partial charge in [0.15, 0.2) is 0 Å². The minimum absolute atomic E-state index is 0.0667. The lowest BCUT2D eigenvalue weighted by molar-refractivity contribution is -0.141. The number of nitrogens with zero attached hydrogens (tertiary/aromatic N) is 4. The predicted octanol–water partition coefficient (Wildman–Crippen LogP) is 5.29. The monoisotopic (exact) mass is 533 g/mol. The van der Waals surface area contributed by atoms with Gasteiger partial charge >= 0.3 is 5.97 Å². The van der Waals surface area contributed by atoms with E-state index in [1.165, 1.54) is 12.1 Å². The van der Waals surface area contributed by atoms with Crippen LogP contribution >= 0.6 is 0 Å². The average Bonchev–Trinajstić information content (AvgIpc) is 3.37. The second-order valence-corrected chi connectivity index (χ2v) is 10.4. The molecule has 1 fully saturated rings. The standard InChI is InChI=1S/C30H33F2N5O2/c1-4-30(31,32)23-9-11-25-26(17-23)35-28(34-25)22-7-5-21(6-8-22)24-10-12-27(33-20(24)3)37-15-13-36(14-16-37)18-19(2)29(38)39/h4-12,17,19-20,24H,1,13-16,18H2,2-3H3,(H,34,35)(H,38,39). The first-order chi connectivity index (χ1) is 18.6. The summed E-state index contributed by atoms with van der Waals surface area (Å²) in [5.41, 5.74) is 3.07. The Hall–Kier alpha value is -3.85. The topological polar surface area (TPSA) is 84.8 Å². The van der Waals surface area contributed by atoms with E-state index < -0.39 is 11.9 Å². The van der Waals surface area contributed by atoms with Crippen LogP contribution in [0.5, 0.6) is 0 Å². The molecule has 1 aromatic heterocycles. The van der Waals surface area contributed by atoms with Gasteiger partial charge in [-0.25, -0.2) is 4.98 Å². The third-order valence-electron chi connectivity index (χ3n) is 7.65. The number of piperazine rings is 1. The molecule has 0 saturated carbocycles. The molecule has 5 rings (SSSR count). The fourth-order valence-electron chi connectivity index (χ4n) is 5.22. The zero-order chi connectivity index (χ0) is 27.7. The summed E-state index contributed by atoms with van der Waals surface area (Å²) in [6.07, 6.45) is 4.93. The zero-order valence-corrected chi connectivity index (χ0v) is 22.1. The summed E-state index contributed by atoms with van der Waals surface area (Å²) in [5, 5.41) is 9.17. The molecule has 0 bridgehead atoms. The first kappa shape index (κ1) is 26.7. The quantitative estimate of drug-likeness (QED) is 0.404. The summed E-state index contributed by atoms with van der Waals surface area (Å²) in [6, 6.07) is 12.6. The number of imidazole rings is 1. The van der Waals surface area contributed by atoms with Crippen molar-refractivity contribution in [2.75, 3.05) is 32.7 Å². The molecule has 3 aromatic rings. The molecule has 3 unspecified atom stereocenters. The SMILES string of the molecule is C=CC(F)(F)c1ccc2nc(-c3ccc(C4C=CC(N5CCN(CC(C)C(=O)O)CC5)=NC4C)cc3)[nH]c2c1. The highest BCUT2D eigenvalue weighted by atomic mass is 19.3. The third-order valence-corrected chi connectivity index (χ3v) is 7.65. The molecular weight excluding hydrogens is 500 g/mol. The van der Waals surface area contributed by atoms with E-state index in [1.54, 1.807) is 13.0 Å². The summed E-state index contributed by atoms with van der Waals surface area (Å²) in [4.78, 5) is 28.3. The smallest absolute Gasteiger partial charge is 0.307 e. The highest BCUT2D eigenvalue weighted by molar-refractivity contribution is 5.94. The van der Waals surface area contributed by atoms with Crippen molar-refractivity contribution in [1.82, 2.24) is 19.8 Å². The Morgan fingerprint density at radius 1 is 1.21 bits per heavy atom. The number of hydrogen-bond acceptors (Lipinski definition) is 5. The van der Waals surface area contributed by atoms with Crippen molar-refractivity contribution >= 4 is 22.8 Å². The number of aromatic amines is 1. The molecule has 2 aliphatic rings. The number of carboxylic acids is 1. The van der Waals surface area contributed by atoms with Crippen molar-refractivity contribution < 1.29 is 18.7 Å². The van der Waals surface area contributed by atoms with Gasteiger partial charge in [-0.05, 0) is 36.8 Å². The number of carbonyl (C=O) groups is 1. The van der Waals surface area contributed by atoms with Crippen molar-refractivity contribution in [3.05, 3.63) is 78.4 Å². The molecule has 39 heavy (non-hydrogen) atoms. The van der Waals surface area contributed by atoms with Crippen molar-refractivity contribution in [3.8, 4) is 11.4 Å². The first-order valence-corrected chi connectivity index (χ1v) is 13.2. The average molecular weight is 534 g/mol. The second-order valence-electron chi connectivity index (χ2n) is 10.4. The summed E-state index contributed by atoms with van der Waals surface area (Å²) >= 11 is 0. The van der Waals surface area contributed by atoms with Crippen LogP contribution in [0.3, 0.4) is 0 Å². The zero-order valence-electron chi connectivity index (χ0n) is 22.1. The molecule has 204 valence electrons. The number of amidine groups is 1. The van der Waals surface area contributed by atoms with E-state index in [0.717, 1.165) is 43.1 Å². The minimum atomic E-state index is -3.09. The second kappa shape index (κ2) is 10.7. The summed E-state index contributed by atoms with van der Waals surface area (Å²) < 4.78 is 28.0. The normalized spacial score (nSPS) is 21.1. The Labute approximate surface area is 226 Å². The maximum Gasteiger partial charge on any atom is 0.307 e. The lowest BCUT2D eigenvalue weighted by Crippen LogP contribution is -2.50. The molecule has 0 radical (unpaired) electrons. The van der Waals surface area contributed by atoms with Gasteiger partial charge < -0.3 is 15.0 Å². The van der Waals surface area contributed by atoms with E-state index in [4.69, 9.17) is 10.1 Å². The number of nitrogens with one attached hydrogen (secondary N) is 1.